The largest absolute Gasteiger partial charge is 0.507 e. The van der Waals surface area contributed by atoms with Crippen LogP contribution < -0.4 is 5.32 Å². The van der Waals surface area contributed by atoms with Gasteiger partial charge in [-0.3, -0.25) is 4.40 Å². The number of rotatable bonds is 8. The van der Waals surface area contributed by atoms with Crippen LogP contribution in [0.3, 0.4) is 0 Å². The molecule has 36 heavy (non-hydrogen) atoms. The number of benzene rings is 1. The van der Waals surface area contributed by atoms with E-state index >= 15 is 0 Å². The highest BCUT2D eigenvalue weighted by molar-refractivity contribution is 5.81. The van der Waals surface area contributed by atoms with Gasteiger partial charge in [0.15, 0.2) is 0 Å². The number of alkyl halides is 3. The van der Waals surface area contributed by atoms with E-state index in [2.05, 4.69) is 15.5 Å². The summed E-state index contributed by atoms with van der Waals surface area (Å²) in [5.41, 5.74) is -0.769. The van der Waals surface area contributed by atoms with Gasteiger partial charge in [-0.1, -0.05) is 0 Å². The fourth-order valence-corrected chi connectivity index (χ4v) is 3.60. The average molecular weight is 510 g/mol. The van der Waals surface area contributed by atoms with Crippen LogP contribution in [0.5, 0.6) is 5.75 Å². The first-order valence-electron chi connectivity index (χ1n) is 11.3. The van der Waals surface area contributed by atoms with E-state index in [-0.39, 0.29) is 30.5 Å². The molecule has 12 heteroatoms. The minimum Gasteiger partial charge on any atom is -0.507 e. The van der Waals surface area contributed by atoms with Crippen LogP contribution in [-0.2, 0) is 15.7 Å². The van der Waals surface area contributed by atoms with Crippen LogP contribution in [0.4, 0.5) is 23.9 Å². The maximum atomic E-state index is 13.0. The summed E-state index contributed by atoms with van der Waals surface area (Å²) in [5.74, 6) is -0.233. The van der Waals surface area contributed by atoms with Crippen LogP contribution in [0.1, 0.15) is 33.3 Å². The zero-order valence-electron chi connectivity index (χ0n) is 20.8. The third-order valence-electron chi connectivity index (χ3n) is 5.22. The molecule has 3 aromatic rings. The first kappa shape index (κ1) is 27.1. The molecule has 0 bridgehead atoms. The molecule has 0 saturated carbocycles. The second-order valence-electron chi connectivity index (χ2n) is 9.18. The van der Waals surface area contributed by atoms with Crippen LogP contribution in [0.25, 0.3) is 16.8 Å². The lowest BCUT2D eigenvalue weighted by molar-refractivity contribution is -0.137. The molecule has 0 aliphatic heterocycles. The summed E-state index contributed by atoms with van der Waals surface area (Å²) in [6, 6.07) is 5.75. The van der Waals surface area contributed by atoms with Gasteiger partial charge in [0.2, 0.25) is 5.95 Å². The molecule has 196 valence electrons. The number of nitrogens with zero attached hydrogens (tertiary/aromatic N) is 4. The first-order chi connectivity index (χ1) is 16.8. The summed E-state index contributed by atoms with van der Waals surface area (Å²) < 4.78 is 51.4. The van der Waals surface area contributed by atoms with Crippen molar-refractivity contribution in [1.82, 2.24) is 19.5 Å². The monoisotopic (exact) mass is 509 g/mol. The summed E-state index contributed by atoms with van der Waals surface area (Å²) in [7, 11) is 1.53. The minimum atomic E-state index is -4.58. The number of carbonyl (C=O) groups excluding carboxylic acids is 1. The molecule has 0 fully saturated rings. The van der Waals surface area contributed by atoms with Gasteiger partial charge < -0.3 is 24.8 Å². The van der Waals surface area contributed by atoms with E-state index in [9.17, 15) is 23.1 Å². The quantitative estimate of drug-likeness (QED) is 0.450. The summed E-state index contributed by atoms with van der Waals surface area (Å²) in [4.78, 5) is 14.1. The molecule has 1 atom stereocenters. The first-order valence-corrected chi connectivity index (χ1v) is 11.3. The highest BCUT2D eigenvalue weighted by Crippen LogP contribution is 2.37. The predicted octanol–water partition coefficient (Wildman–Crippen LogP) is 4.80. The van der Waals surface area contributed by atoms with Crippen LogP contribution in [0, 0.1) is 0 Å². The van der Waals surface area contributed by atoms with Crippen LogP contribution in [0.15, 0.2) is 36.5 Å². The number of aromatic hydroxyl groups is 1. The number of phenols is 1. The lowest BCUT2D eigenvalue weighted by Crippen LogP contribution is -2.45. The third-order valence-corrected chi connectivity index (χ3v) is 5.22. The molecule has 0 saturated heterocycles. The number of amides is 1. The number of phenolic OH excluding ortho intramolecular Hbond substituents is 1. The Kier molecular flexibility index (Phi) is 7.97. The predicted molar refractivity (Wildman–Crippen MR) is 128 cm³/mol. The fraction of sp³-hybridized carbons (Fsp3) is 0.458. The number of hydrogen-bond acceptors (Lipinski definition) is 7. The van der Waals surface area contributed by atoms with Crippen molar-refractivity contribution in [3.05, 3.63) is 42.1 Å². The Hall–Kier alpha value is -3.54. The lowest BCUT2D eigenvalue weighted by atomic mass is 10.1. The topological polar surface area (TPSA) is 101 Å². The number of anilines is 1. The summed E-state index contributed by atoms with van der Waals surface area (Å²) >= 11 is 0. The van der Waals surface area contributed by atoms with Crippen molar-refractivity contribution >= 4 is 17.6 Å². The van der Waals surface area contributed by atoms with Gasteiger partial charge in [-0.05, 0) is 58.0 Å². The van der Waals surface area contributed by atoms with Crippen molar-refractivity contribution in [2.75, 3.05) is 32.1 Å². The van der Waals surface area contributed by atoms with Gasteiger partial charge in [0.05, 0.1) is 23.7 Å². The number of likely N-dealkylation sites (N-methyl/N-ethyl adjacent to an activating group) is 1. The highest BCUT2D eigenvalue weighted by Gasteiger charge is 2.31. The van der Waals surface area contributed by atoms with E-state index in [0.717, 1.165) is 12.1 Å². The zero-order chi connectivity index (χ0) is 26.7. The van der Waals surface area contributed by atoms with E-state index in [4.69, 9.17) is 9.47 Å². The maximum Gasteiger partial charge on any atom is 0.416 e. The Morgan fingerprint density at radius 2 is 1.94 bits per heavy atom. The summed E-state index contributed by atoms with van der Waals surface area (Å²) in [5, 5.41) is 21.9. The second kappa shape index (κ2) is 10.6. The number of ether oxygens (including phenoxy) is 2. The summed E-state index contributed by atoms with van der Waals surface area (Å²) in [6.07, 6.45) is -3.34. The van der Waals surface area contributed by atoms with Gasteiger partial charge in [-0.15, -0.1) is 10.2 Å². The average Bonchev–Trinajstić information content (AvgIpc) is 3.26. The smallest absolute Gasteiger partial charge is 0.416 e. The second-order valence-corrected chi connectivity index (χ2v) is 9.18. The number of nitrogens with one attached hydrogen (secondary N) is 1. The Labute approximate surface area is 206 Å². The molecular formula is C24H30F3N5O4. The molecule has 0 radical (unpaired) electrons. The van der Waals surface area contributed by atoms with Gasteiger partial charge in [0.25, 0.3) is 0 Å². The highest BCUT2D eigenvalue weighted by atomic mass is 19.4. The lowest BCUT2D eigenvalue weighted by Gasteiger charge is -2.30. The third kappa shape index (κ3) is 6.36. The molecule has 1 unspecified atom stereocenters. The van der Waals surface area contributed by atoms with Gasteiger partial charge in [-0.2, -0.15) is 13.2 Å². The van der Waals surface area contributed by atoms with Crippen molar-refractivity contribution in [3.63, 3.8) is 0 Å². The molecule has 0 aliphatic rings. The molecule has 9 nitrogen and oxygen atoms in total. The Morgan fingerprint density at radius 1 is 1.22 bits per heavy atom. The molecule has 0 aliphatic carbocycles. The number of halogens is 3. The molecule has 2 N–H and O–H groups in total. The minimum absolute atomic E-state index is 0.112. The normalized spacial score (nSPS) is 13.0. The number of fused-ring (bicyclic) bond motifs is 1. The van der Waals surface area contributed by atoms with Crippen molar-refractivity contribution in [1.29, 1.82) is 0 Å². The molecular weight excluding hydrogens is 479 g/mol. The standard InChI is InChI=1S/C24H30F3N5O4/c1-6-31(22(34)36-23(2,3)4)13-16(14-35-5)28-21-30-29-20(18-8-7-11-32(18)21)17-10-9-15(12-19(17)33)24(25,26)27/h7-12,16,33H,6,13-14H2,1-5H3,(H,28,30). The van der Waals surface area contributed by atoms with Gasteiger partial charge in [-0.25, -0.2) is 4.79 Å². The molecule has 1 aromatic carbocycles. The zero-order valence-corrected chi connectivity index (χ0v) is 20.8. The van der Waals surface area contributed by atoms with Gasteiger partial charge in [0.1, 0.15) is 17.0 Å². The van der Waals surface area contributed by atoms with Crippen molar-refractivity contribution in [2.24, 2.45) is 0 Å². The molecule has 1 amide bonds. The SMILES string of the molecule is CCN(CC(COC)Nc1nnc(-c2ccc(C(F)(F)F)cc2O)c2cccn12)C(=O)OC(C)(C)C. The van der Waals surface area contributed by atoms with Crippen molar-refractivity contribution in [3.8, 4) is 17.0 Å². The molecule has 3 rings (SSSR count). The van der Waals surface area contributed by atoms with Gasteiger partial charge >= 0.3 is 12.3 Å². The fourth-order valence-electron chi connectivity index (χ4n) is 3.60. The van der Waals surface area contributed by atoms with Crippen molar-refractivity contribution < 1.29 is 32.5 Å². The van der Waals surface area contributed by atoms with E-state index < -0.39 is 29.2 Å². The van der Waals surface area contributed by atoms with E-state index in [0.29, 0.717) is 24.1 Å². The Balaban J connectivity index is 1.89. The van der Waals surface area contributed by atoms with Crippen LogP contribution in [0.2, 0.25) is 0 Å². The Morgan fingerprint density at radius 3 is 2.53 bits per heavy atom. The number of hydrogen-bond donors (Lipinski definition) is 2. The molecule has 2 heterocycles. The molecule has 2 aromatic heterocycles. The van der Waals surface area contributed by atoms with Crippen LogP contribution >= 0.6 is 0 Å². The van der Waals surface area contributed by atoms with E-state index in [1.807, 2.05) is 6.92 Å². The van der Waals surface area contributed by atoms with Crippen molar-refractivity contribution in [2.45, 2.75) is 45.5 Å². The number of carbonyl (C=O) groups is 1. The Bertz CT molecular complexity index is 1210. The van der Waals surface area contributed by atoms with Gasteiger partial charge in [0, 0.05) is 32.0 Å². The number of aromatic nitrogens is 3. The van der Waals surface area contributed by atoms with E-state index in [1.54, 1.807) is 43.5 Å². The number of methoxy groups -OCH3 is 1. The maximum absolute atomic E-state index is 13.0. The van der Waals surface area contributed by atoms with Crippen LogP contribution in [-0.4, -0.2) is 69.1 Å². The molecule has 0 spiro atoms. The summed E-state index contributed by atoms with van der Waals surface area (Å²) in [6.45, 7) is 8.11. The van der Waals surface area contributed by atoms with E-state index in [1.165, 1.54) is 12.0 Å².